The van der Waals surface area contributed by atoms with E-state index in [-0.39, 0.29) is 34.2 Å². The average molecular weight is 1340 g/mol. The molecule has 6 aromatic carbocycles. The molecule has 0 aliphatic rings. The van der Waals surface area contributed by atoms with Crippen LogP contribution in [0, 0.1) is 27.7 Å². The van der Waals surface area contributed by atoms with Crippen LogP contribution in [0.3, 0.4) is 0 Å². The molecule has 9 aromatic heterocycles. The second kappa shape index (κ2) is 26.4. The van der Waals surface area contributed by atoms with Crippen LogP contribution < -0.4 is 13.7 Å². The Hall–Kier alpha value is -10.4. The number of nitrogens with zero attached hydrogens (tertiary/aromatic N) is 6. The molecule has 15 aromatic rings. The molecule has 0 saturated heterocycles. The molecule has 504 valence electrons. The molecule has 9 heteroatoms. The summed E-state index contributed by atoms with van der Waals surface area (Å²) >= 11 is 0. The fourth-order valence-corrected chi connectivity index (χ4v) is 13.3. The number of aryl methyl sites for hydroxylation is 7. The van der Waals surface area contributed by atoms with Gasteiger partial charge in [0, 0.05) is 120 Å². The highest BCUT2D eigenvalue weighted by molar-refractivity contribution is 6.11. The highest BCUT2D eigenvalue weighted by Gasteiger charge is 2.29. The Bertz CT molecular complexity index is 6320. The number of aromatic nitrogens is 6. The first-order valence-corrected chi connectivity index (χ1v) is 33.8. The van der Waals surface area contributed by atoms with Crippen LogP contribution in [0.5, 0.6) is 0 Å². The predicted octanol–water partition coefficient (Wildman–Crippen LogP) is 22.8. The van der Waals surface area contributed by atoms with Crippen LogP contribution in [0.2, 0.25) is 0 Å². The lowest BCUT2D eigenvalue weighted by atomic mass is 9.91. The minimum Gasteiger partial charge on any atom is -0.437 e. The Morgan fingerprint density at radius 1 is 0.370 bits per heavy atom. The molecular formula is C91H95N6O3+3. The summed E-state index contributed by atoms with van der Waals surface area (Å²) in [6.45, 7) is 3.71. The first kappa shape index (κ1) is 49.2. The zero-order valence-corrected chi connectivity index (χ0v) is 59.1. The Kier molecular flexibility index (Phi) is 13.0. The minimum absolute atomic E-state index is 0.0456. The number of pyridine rings is 6. The van der Waals surface area contributed by atoms with E-state index in [0.29, 0.717) is 44.7 Å². The molecular weight excluding hydrogens is 1230 g/mol. The molecule has 0 aliphatic carbocycles. The topological polar surface area (TPSA) is 89.7 Å². The van der Waals surface area contributed by atoms with Gasteiger partial charge in [0.2, 0.25) is 34.2 Å². The maximum absolute atomic E-state index is 8.02. The summed E-state index contributed by atoms with van der Waals surface area (Å²) in [5.41, 5.74) is 14.7. The largest absolute Gasteiger partial charge is 0.437 e. The zero-order chi connectivity index (χ0) is 86.0. The smallest absolute Gasteiger partial charge is 0.227 e. The molecule has 100 heavy (non-hydrogen) atoms. The van der Waals surface area contributed by atoms with E-state index in [1.165, 1.54) is 55.7 Å². The van der Waals surface area contributed by atoms with Crippen molar-refractivity contribution in [3.63, 3.8) is 0 Å². The summed E-state index contributed by atoms with van der Waals surface area (Å²) < 4.78 is 169. The maximum Gasteiger partial charge on any atom is 0.227 e. The highest BCUT2D eigenvalue weighted by atomic mass is 16.3. The van der Waals surface area contributed by atoms with Gasteiger partial charge in [0.25, 0.3) is 0 Å². The van der Waals surface area contributed by atoms with Crippen LogP contribution in [0.4, 0.5) is 0 Å². The number of hydrogen-bond donors (Lipinski definition) is 0. The van der Waals surface area contributed by atoms with Gasteiger partial charge in [-0.15, -0.1) is 0 Å². The molecule has 0 fully saturated rings. The van der Waals surface area contributed by atoms with Crippen molar-refractivity contribution < 1.29 is 51.6 Å². The van der Waals surface area contributed by atoms with Gasteiger partial charge in [-0.1, -0.05) is 204 Å². The van der Waals surface area contributed by atoms with Crippen molar-refractivity contribution in [2.45, 2.75) is 145 Å². The molecule has 0 N–H and O–H groups in total. The Balaban J connectivity index is 0.000000154. The summed E-state index contributed by atoms with van der Waals surface area (Å²) in [7, 11) is 5.97. The third-order valence-corrected chi connectivity index (χ3v) is 19.1. The third-order valence-electron chi connectivity index (χ3n) is 19.1. The van der Waals surface area contributed by atoms with Crippen LogP contribution in [0.1, 0.15) is 177 Å². The highest BCUT2D eigenvalue weighted by Crippen LogP contribution is 2.43. The van der Waals surface area contributed by atoms with Gasteiger partial charge in [-0.3, -0.25) is 0 Å². The monoisotopic (exact) mass is 1340 g/mol. The van der Waals surface area contributed by atoms with Gasteiger partial charge in [0.1, 0.15) is 21.1 Å². The summed E-state index contributed by atoms with van der Waals surface area (Å²) in [6.07, 6.45) is 6.11. The zero-order valence-electron chi connectivity index (χ0n) is 77.1. The van der Waals surface area contributed by atoms with E-state index in [1.807, 2.05) is 101 Å². The average Bonchev–Trinajstić information content (AvgIpc) is 1.53. The van der Waals surface area contributed by atoms with Crippen LogP contribution >= 0.6 is 0 Å². The van der Waals surface area contributed by atoms with Gasteiger partial charge in [-0.05, 0) is 138 Å². The lowest BCUT2D eigenvalue weighted by Gasteiger charge is -2.16. The van der Waals surface area contributed by atoms with Gasteiger partial charge in [0.15, 0.2) is 35.3 Å². The van der Waals surface area contributed by atoms with Gasteiger partial charge in [-0.25, -0.2) is 28.7 Å². The van der Waals surface area contributed by atoms with Crippen molar-refractivity contribution in [1.29, 1.82) is 0 Å². The van der Waals surface area contributed by atoms with Crippen LogP contribution in [-0.4, -0.2) is 15.0 Å². The normalized spacial score (nSPS) is 15.6. The fraction of sp³-hybridized carbons (Fsp3) is 0.275. The van der Waals surface area contributed by atoms with Gasteiger partial charge >= 0.3 is 0 Å². The molecule has 0 atom stereocenters. The Labute approximate surface area is 615 Å². The Morgan fingerprint density at radius 2 is 0.770 bits per heavy atom. The quantitative estimate of drug-likeness (QED) is 0.141. The third kappa shape index (κ3) is 13.1. The van der Waals surface area contributed by atoms with Crippen LogP contribution in [0.15, 0.2) is 214 Å². The van der Waals surface area contributed by atoms with E-state index in [4.69, 9.17) is 37.9 Å². The van der Waals surface area contributed by atoms with Crippen molar-refractivity contribution in [1.82, 2.24) is 15.0 Å². The number of furan rings is 3. The van der Waals surface area contributed by atoms with Crippen molar-refractivity contribution in [2.24, 2.45) is 21.1 Å². The van der Waals surface area contributed by atoms with Crippen molar-refractivity contribution >= 4 is 66.2 Å². The minimum atomic E-state index is -2.80. The molecule has 0 radical (unpaired) electrons. The first-order valence-electron chi connectivity index (χ1n) is 42.8. The van der Waals surface area contributed by atoms with E-state index in [9.17, 15) is 0 Å². The predicted molar refractivity (Wildman–Crippen MR) is 414 cm³/mol. The van der Waals surface area contributed by atoms with E-state index in [2.05, 4.69) is 168 Å². The van der Waals surface area contributed by atoms with Crippen LogP contribution in [0.25, 0.3) is 133 Å². The van der Waals surface area contributed by atoms with Crippen molar-refractivity contribution in [3.05, 3.63) is 251 Å². The standard InChI is InChI=1S/2C31H33N2O.C29H29N2O/c1-19(2)21-9-11-22(12-10-21)23-13-16-26(33(7)18-23)28-20(3)8-14-24-25-15-17-27(31(4,5)6)32-30(25)34-29(24)28;1-19(2)21-9-11-22(12-10-21)23-16-17-33(7)26(18-23)28-20(3)8-13-24-25-14-15-27(31(4,5)6)32-30(25)34-29(24)28;1-18-9-12-20(13-10-18)21-8-7-17-31(6)26(21)25-19(2)11-14-22-23-15-16-24(29(3,4)5)30-28(23)32-27(22)25/h2*8-19H,1-7H3;7-17H,1-6H3/q3*+1/i2*4D3,5D3;3D3,4D3. The number of fused-ring (bicyclic) bond motifs is 9. The van der Waals surface area contributed by atoms with Gasteiger partial charge in [-0.2, -0.15) is 0 Å². The molecule has 15 rings (SSSR count). The van der Waals surface area contributed by atoms with E-state index >= 15 is 0 Å². The molecule has 0 saturated carbocycles. The fourth-order valence-electron chi connectivity index (χ4n) is 13.3. The van der Waals surface area contributed by atoms with E-state index in [0.717, 1.165) is 100 Å². The van der Waals surface area contributed by atoms with Gasteiger partial charge < -0.3 is 13.3 Å². The van der Waals surface area contributed by atoms with Crippen molar-refractivity contribution in [3.8, 4) is 67.2 Å². The van der Waals surface area contributed by atoms with Gasteiger partial charge in [0.05, 0.1) is 22.3 Å². The van der Waals surface area contributed by atoms with E-state index < -0.39 is 57.4 Å². The second-order valence-electron chi connectivity index (χ2n) is 27.9. The first-order chi connectivity index (χ1) is 55.0. The number of hydrogen-bond acceptors (Lipinski definition) is 6. The van der Waals surface area contributed by atoms with Crippen molar-refractivity contribution in [2.75, 3.05) is 0 Å². The Morgan fingerprint density at radius 3 is 1.21 bits per heavy atom. The molecule has 0 unspecified atom stereocenters. The summed E-state index contributed by atoms with van der Waals surface area (Å²) in [6, 6.07) is 59.6. The summed E-state index contributed by atoms with van der Waals surface area (Å²) in [5, 5.41) is 4.56. The second-order valence-corrected chi connectivity index (χ2v) is 27.9. The lowest BCUT2D eigenvalue weighted by Crippen LogP contribution is -2.31. The lowest BCUT2D eigenvalue weighted by molar-refractivity contribution is -0.660. The summed E-state index contributed by atoms with van der Waals surface area (Å²) in [5.74, 6) is 0.930. The SMILES string of the molecule is [2H]C([2H])([2H])C(C)(c1ccc2c(n1)oc1c(-c3c(-c4ccc(C)cc4)ccc[n+]3C)c(C)ccc12)C([2H])([2H])[2H].[2H]C([2H])([2H])C(C)(c1ccc2c(n1)oc1c(-c3cc(-c4ccc(C(C)C)cc4)cc[n+]3C)c(C)ccc12)C([2H])([2H])[2H].[2H]C([2H])([2H])C(C)(c1ccc2c(n1)oc1c(-c3ccc(-c4ccc(C(C)C)cc4)c[n+]3C)c(C)ccc12)C([2H])([2H])[2H]. The number of rotatable bonds is 8. The molecule has 0 amide bonds. The molecule has 0 bridgehead atoms. The van der Waals surface area contributed by atoms with E-state index in [1.54, 1.807) is 18.2 Å². The number of benzene rings is 6. The maximum atomic E-state index is 8.02. The molecule has 0 aliphatic heterocycles. The summed E-state index contributed by atoms with van der Waals surface area (Å²) in [4.78, 5) is 13.5. The molecule has 9 heterocycles. The molecule has 0 spiro atoms. The molecule has 9 nitrogen and oxygen atoms in total. The van der Waals surface area contributed by atoms with Crippen LogP contribution in [-0.2, 0) is 37.4 Å².